The van der Waals surface area contributed by atoms with Crippen LogP contribution < -0.4 is 0 Å². The van der Waals surface area contributed by atoms with Crippen molar-refractivity contribution in [1.29, 1.82) is 0 Å². The molecule has 1 rings (SSSR count). The van der Waals surface area contributed by atoms with Gasteiger partial charge in [-0.05, 0) is 24.5 Å². The Morgan fingerprint density at radius 2 is 2.07 bits per heavy atom. The summed E-state index contributed by atoms with van der Waals surface area (Å²) >= 11 is 3.47. The number of halogens is 1. The first kappa shape index (κ1) is 12.4. The minimum atomic E-state index is 0.106. The van der Waals surface area contributed by atoms with Crippen LogP contribution in [0.5, 0.6) is 0 Å². The van der Waals surface area contributed by atoms with Gasteiger partial charge >= 0.3 is 0 Å². The van der Waals surface area contributed by atoms with Crippen molar-refractivity contribution in [3.05, 3.63) is 33.8 Å². The van der Waals surface area contributed by atoms with Gasteiger partial charge in [0.2, 0.25) is 0 Å². The molecular weight excluding hydrogens is 252 g/mol. The smallest absolute Gasteiger partial charge is 0.167 e. The maximum Gasteiger partial charge on any atom is 0.167 e. The van der Waals surface area contributed by atoms with E-state index in [4.69, 9.17) is 0 Å². The monoisotopic (exact) mass is 268 g/mol. The maximum atomic E-state index is 12.1. The van der Waals surface area contributed by atoms with Crippen LogP contribution in [0.4, 0.5) is 0 Å². The molecule has 1 unspecified atom stereocenters. The zero-order valence-corrected chi connectivity index (χ0v) is 11.1. The van der Waals surface area contributed by atoms with Crippen molar-refractivity contribution in [1.82, 2.24) is 0 Å². The molecule has 0 bridgehead atoms. The molecule has 0 fully saturated rings. The number of carbonyl (C=O) groups excluding carboxylic acids is 1. The van der Waals surface area contributed by atoms with E-state index in [2.05, 4.69) is 22.9 Å². The molecule has 0 aromatic heterocycles. The largest absolute Gasteiger partial charge is 0.294 e. The number of aryl methyl sites for hydroxylation is 1. The molecule has 0 spiro atoms. The van der Waals surface area contributed by atoms with Crippen molar-refractivity contribution >= 4 is 21.7 Å². The Morgan fingerprint density at radius 3 is 2.60 bits per heavy atom. The summed E-state index contributed by atoms with van der Waals surface area (Å²) in [5, 5.41) is 0. The van der Waals surface area contributed by atoms with Gasteiger partial charge in [-0.3, -0.25) is 4.79 Å². The molecule has 1 nitrogen and oxygen atoms in total. The highest BCUT2D eigenvalue weighted by Crippen LogP contribution is 2.25. The molecule has 0 amide bonds. The van der Waals surface area contributed by atoms with Crippen LogP contribution in [0.2, 0.25) is 0 Å². The van der Waals surface area contributed by atoms with E-state index < -0.39 is 0 Å². The maximum absolute atomic E-state index is 12.1. The minimum Gasteiger partial charge on any atom is -0.294 e. The Hall–Kier alpha value is -0.630. The quantitative estimate of drug-likeness (QED) is 0.747. The summed E-state index contributed by atoms with van der Waals surface area (Å²) in [4.78, 5) is 12.1. The molecule has 0 radical (unpaired) electrons. The van der Waals surface area contributed by atoms with Crippen molar-refractivity contribution < 1.29 is 4.79 Å². The molecule has 1 atom stereocenters. The van der Waals surface area contributed by atoms with Crippen LogP contribution in [0.15, 0.2) is 22.7 Å². The van der Waals surface area contributed by atoms with Crippen molar-refractivity contribution in [3.63, 3.8) is 0 Å². The van der Waals surface area contributed by atoms with Crippen LogP contribution in [0, 0.1) is 5.92 Å². The third-order valence-corrected chi connectivity index (χ3v) is 3.45. The average molecular weight is 269 g/mol. The van der Waals surface area contributed by atoms with E-state index in [1.165, 1.54) is 0 Å². The second-order valence-electron chi connectivity index (χ2n) is 3.80. The number of hydrogen-bond donors (Lipinski definition) is 0. The van der Waals surface area contributed by atoms with Gasteiger partial charge in [-0.15, -0.1) is 0 Å². The lowest BCUT2D eigenvalue weighted by Gasteiger charge is -2.13. The number of carbonyl (C=O) groups is 1. The number of hydrogen-bond acceptors (Lipinski definition) is 1. The van der Waals surface area contributed by atoms with Crippen molar-refractivity contribution in [2.24, 2.45) is 5.92 Å². The molecular formula is C13H17BrO. The molecule has 0 aliphatic carbocycles. The summed E-state index contributed by atoms with van der Waals surface area (Å²) in [6.07, 6.45) is 1.79. The fourth-order valence-electron chi connectivity index (χ4n) is 1.57. The summed E-state index contributed by atoms with van der Waals surface area (Å²) < 4.78 is 0.923. The van der Waals surface area contributed by atoms with Crippen molar-refractivity contribution in [3.8, 4) is 0 Å². The Morgan fingerprint density at radius 1 is 1.40 bits per heavy atom. The molecule has 2 heteroatoms. The van der Waals surface area contributed by atoms with Gasteiger partial charge in [0.1, 0.15) is 0 Å². The summed E-state index contributed by atoms with van der Waals surface area (Å²) in [5.41, 5.74) is 2.00. The molecule has 15 heavy (non-hydrogen) atoms. The normalized spacial score (nSPS) is 12.5. The van der Waals surface area contributed by atoms with E-state index in [0.29, 0.717) is 0 Å². The molecule has 0 saturated heterocycles. The van der Waals surface area contributed by atoms with Gasteiger partial charge in [0.15, 0.2) is 5.78 Å². The van der Waals surface area contributed by atoms with E-state index in [9.17, 15) is 4.79 Å². The lowest BCUT2D eigenvalue weighted by atomic mass is 9.93. The number of Topliss-reactive ketones (excluding diaryl/α,β-unsaturated/α-hetero) is 1. The molecule has 0 aliphatic heterocycles. The number of ketones is 1. The molecule has 0 saturated carbocycles. The standard InChI is InChI=1S/C13H17BrO/c1-4-9(3)13(15)12-10(5-2)7-6-8-11(12)14/h6-9H,4-5H2,1-3H3. The van der Waals surface area contributed by atoms with Gasteiger partial charge in [-0.25, -0.2) is 0 Å². The minimum absolute atomic E-state index is 0.106. The van der Waals surface area contributed by atoms with Crippen LogP contribution >= 0.6 is 15.9 Å². The van der Waals surface area contributed by atoms with Crippen LogP contribution in [-0.4, -0.2) is 5.78 Å². The van der Waals surface area contributed by atoms with E-state index in [0.717, 1.165) is 28.4 Å². The van der Waals surface area contributed by atoms with Gasteiger partial charge in [-0.1, -0.05) is 48.8 Å². The summed E-state index contributed by atoms with van der Waals surface area (Å²) in [5.74, 6) is 0.357. The van der Waals surface area contributed by atoms with Crippen LogP contribution in [0.25, 0.3) is 0 Å². The van der Waals surface area contributed by atoms with Crippen molar-refractivity contribution in [2.75, 3.05) is 0 Å². The first-order valence-electron chi connectivity index (χ1n) is 5.43. The fourth-order valence-corrected chi connectivity index (χ4v) is 2.17. The van der Waals surface area contributed by atoms with Crippen molar-refractivity contribution in [2.45, 2.75) is 33.6 Å². The first-order valence-corrected chi connectivity index (χ1v) is 6.22. The van der Waals surface area contributed by atoms with Gasteiger partial charge < -0.3 is 0 Å². The molecule has 82 valence electrons. The Bertz CT molecular complexity index is 358. The Kier molecular flexibility index (Phi) is 4.52. The molecule has 0 N–H and O–H groups in total. The summed E-state index contributed by atoms with van der Waals surface area (Å²) in [6, 6.07) is 5.95. The van der Waals surface area contributed by atoms with Gasteiger partial charge in [-0.2, -0.15) is 0 Å². The molecule has 1 aromatic rings. The fraction of sp³-hybridized carbons (Fsp3) is 0.462. The second kappa shape index (κ2) is 5.45. The zero-order chi connectivity index (χ0) is 11.4. The lowest BCUT2D eigenvalue weighted by Crippen LogP contribution is -2.13. The summed E-state index contributed by atoms with van der Waals surface area (Å²) in [7, 11) is 0. The number of benzene rings is 1. The highest BCUT2D eigenvalue weighted by molar-refractivity contribution is 9.10. The second-order valence-corrected chi connectivity index (χ2v) is 4.66. The average Bonchev–Trinajstić information content (AvgIpc) is 2.26. The SMILES string of the molecule is CCc1cccc(Br)c1C(=O)C(C)CC. The third kappa shape index (κ3) is 2.69. The highest BCUT2D eigenvalue weighted by Gasteiger charge is 2.18. The van der Waals surface area contributed by atoms with Crippen LogP contribution in [0.1, 0.15) is 43.1 Å². The van der Waals surface area contributed by atoms with E-state index >= 15 is 0 Å². The topological polar surface area (TPSA) is 17.1 Å². The van der Waals surface area contributed by atoms with Crippen LogP contribution in [-0.2, 0) is 6.42 Å². The Labute approximate surface area is 100 Å². The summed E-state index contributed by atoms with van der Waals surface area (Å²) in [6.45, 7) is 6.11. The molecule has 0 aliphatic rings. The van der Waals surface area contributed by atoms with Gasteiger partial charge in [0.25, 0.3) is 0 Å². The zero-order valence-electron chi connectivity index (χ0n) is 9.51. The third-order valence-electron chi connectivity index (χ3n) is 2.79. The lowest BCUT2D eigenvalue weighted by molar-refractivity contribution is 0.0925. The predicted molar refractivity (Wildman–Crippen MR) is 67.3 cm³/mol. The predicted octanol–water partition coefficient (Wildman–Crippen LogP) is 4.24. The Balaban J connectivity index is 3.17. The van der Waals surface area contributed by atoms with E-state index in [1.807, 2.05) is 32.0 Å². The molecule has 0 heterocycles. The van der Waals surface area contributed by atoms with E-state index in [-0.39, 0.29) is 11.7 Å². The molecule has 1 aromatic carbocycles. The number of rotatable bonds is 4. The van der Waals surface area contributed by atoms with Gasteiger partial charge in [0, 0.05) is 16.0 Å². The highest BCUT2D eigenvalue weighted by atomic mass is 79.9. The van der Waals surface area contributed by atoms with Gasteiger partial charge in [0.05, 0.1) is 0 Å². The van der Waals surface area contributed by atoms with E-state index in [1.54, 1.807) is 0 Å². The first-order chi connectivity index (χ1) is 7.11. The van der Waals surface area contributed by atoms with Crippen LogP contribution in [0.3, 0.4) is 0 Å².